The number of benzene rings is 3. The summed E-state index contributed by atoms with van der Waals surface area (Å²) in [5.74, 6) is -0.466. The minimum absolute atomic E-state index is 0.108. The highest BCUT2D eigenvalue weighted by molar-refractivity contribution is 7.89. The van der Waals surface area contributed by atoms with Crippen molar-refractivity contribution in [1.29, 1.82) is 0 Å². The van der Waals surface area contributed by atoms with Crippen LogP contribution in [-0.4, -0.2) is 20.4 Å². The van der Waals surface area contributed by atoms with E-state index in [0.29, 0.717) is 10.7 Å². The Balaban J connectivity index is 1.85. The summed E-state index contributed by atoms with van der Waals surface area (Å²) in [6.07, 6.45) is 0.207. The van der Waals surface area contributed by atoms with Crippen LogP contribution in [0.1, 0.15) is 11.1 Å². The van der Waals surface area contributed by atoms with Crippen molar-refractivity contribution in [2.75, 3.05) is 5.32 Å². The smallest absolute Gasteiger partial charge is 0.242 e. The van der Waals surface area contributed by atoms with Gasteiger partial charge in [-0.3, -0.25) is 4.79 Å². The predicted octanol–water partition coefficient (Wildman–Crippen LogP) is 4.18. The summed E-state index contributed by atoms with van der Waals surface area (Å²) in [6.45, 7) is 1.88. The summed E-state index contributed by atoms with van der Waals surface area (Å²) < 4.78 is 28.2. The molecule has 0 aliphatic heterocycles. The summed E-state index contributed by atoms with van der Waals surface area (Å²) in [5.41, 5.74) is 2.28. The molecule has 5 nitrogen and oxygen atoms in total. The topological polar surface area (TPSA) is 75.3 Å². The first-order valence-electron chi connectivity index (χ1n) is 9.03. The van der Waals surface area contributed by atoms with E-state index in [4.69, 9.17) is 11.6 Å². The molecule has 1 amide bonds. The lowest BCUT2D eigenvalue weighted by Crippen LogP contribution is -2.45. The maximum absolute atomic E-state index is 12.9. The van der Waals surface area contributed by atoms with Crippen LogP contribution in [0, 0.1) is 6.92 Å². The van der Waals surface area contributed by atoms with Gasteiger partial charge in [-0.25, -0.2) is 8.42 Å². The predicted molar refractivity (Wildman–Crippen MR) is 116 cm³/mol. The van der Waals surface area contributed by atoms with Crippen molar-refractivity contribution in [3.63, 3.8) is 0 Å². The van der Waals surface area contributed by atoms with Gasteiger partial charge in [-0.15, -0.1) is 0 Å². The van der Waals surface area contributed by atoms with Crippen molar-refractivity contribution >= 4 is 33.2 Å². The zero-order valence-electron chi connectivity index (χ0n) is 15.8. The molecular weight excluding hydrogens is 408 g/mol. The van der Waals surface area contributed by atoms with Gasteiger partial charge in [-0.1, -0.05) is 65.7 Å². The van der Waals surface area contributed by atoms with Crippen molar-refractivity contribution in [3.8, 4) is 0 Å². The Morgan fingerprint density at radius 3 is 2.31 bits per heavy atom. The third-order valence-corrected chi connectivity index (χ3v) is 6.04. The Morgan fingerprint density at radius 1 is 0.966 bits per heavy atom. The number of carbonyl (C=O) groups excluding carboxylic acids is 1. The van der Waals surface area contributed by atoms with Gasteiger partial charge in [0.2, 0.25) is 15.9 Å². The van der Waals surface area contributed by atoms with Gasteiger partial charge in [0.05, 0.1) is 4.90 Å². The third kappa shape index (κ3) is 5.90. The van der Waals surface area contributed by atoms with Gasteiger partial charge in [0.1, 0.15) is 6.04 Å². The number of aryl methyl sites for hydroxylation is 1. The fraction of sp³-hybridized carbons (Fsp3) is 0.136. The molecule has 0 aliphatic carbocycles. The fourth-order valence-corrected chi connectivity index (χ4v) is 4.19. The van der Waals surface area contributed by atoms with Crippen molar-refractivity contribution < 1.29 is 13.2 Å². The number of anilines is 1. The molecule has 29 heavy (non-hydrogen) atoms. The van der Waals surface area contributed by atoms with Crippen LogP contribution >= 0.6 is 11.6 Å². The Morgan fingerprint density at radius 2 is 1.66 bits per heavy atom. The molecule has 0 saturated heterocycles. The molecule has 150 valence electrons. The van der Waals surface area contributed by atoms with Crippen LogP contribution in [0.5, 0.6) is 0 Å². The van der Waals surface area contributed by atoms with E-state index in [1.165, 1.54) is 12.1 Å². The molecule has 0 saturated carbocycles. The molecule has 2 N–H and O–H groups in total. The first-order valence-corrected chi connectivity index (χ1v) is 10.9. The lowest BCUT2D eigenvalue weighted by Gasteiger charge is -2.19. The molecular formula is C22H21ClN2O3S. The van der Waals surface area contributed by atoms with E-state index < -0.39 is 22.0 Å². The second-order valence-corrected chi connectivity index (χ2v) is 8.83. The number of nitrogens with one attached hydrogen (secondary N) is 2. The lowest BCUT2D eigenvalue weighted by atomic mass is 10.1. The SMILES string of the molecule is Cc1ccc(S(=O)(=O)NC(Cc2ccccc2)C(=O)Nc2cccc(Cl)c2)cc1. The van der Waals surface area contributed by atoms with Crippen LogP contribution in [0.4, 0.5) is 5.69 Å². The second-order valence-electron chi connectivity index (χ2n) is 6.68. The van der Waals surface area contributed by atoms with Crippen LogP contribution in [-0.2, 0) is 21.2 Å². The van der Waals surface area contributed by atoms with Gasteiger partial charge in [0.15, 0.2) is 0 Å². The molecule has 0 fully saturated rings. The molecule has 0 aliphatic rings. The van der Waals surface area contributed by atoms with Gasteiger partial charge < -0.3 is 5.32 Å². The quantitative estimate of drug-likeness (QED) is 0.592. The standard InChI is InChI=1S/C22H21ClN2O3S/c1-16-10-12-20(13-11-16)29(27,28)25-21(14-17-6-3-2-4-7-17)22(26)24-19-9-5-8-18(23)15-19/h2-13,15,21,25H,14H2,1H3,(H,24,26). The van der Waals surface area contributed by atoms with Crippen molar-refractivity contribution in [2.24, 2.45) is 0 Å². The van der Waals surface area contributed by atoms with Gasteiger partial charge in [0.25, 0.3) is 0 Å². The first kappa shape index (κ1) is 21.0. The van der Waals surface area contributed by atoms with Gasteiger partial charge >= 0.3 is 0 Å². The molecule has 0 heterocycles. The third-order valence-electron chi connectivity index (χ3n) is 4.32. The van der Waals surface area contributed by atoms with E-state index in [1.807, 2.05) is 37.3 Å². The van der Waals surface area contributed by atoms with E-state index in [9.17, 15) is 13.2 Å². The van der Waals surface area contributed by atoms with Crippen LogP contribution < -0.4 is 10.0 Å². The highest BCUT2D eigenvalue weighted by atomic mass is 35.5. The molecule has 3 aromatic carbocycles. The molecule has 7 heteroatoms. The van der Waals surface area contributed by atoms with E-state index in [-0.39, 0.29) is 11.3 Å². The summed E-state index contributed by atoms with van der Waals surface area (Å²) >= 11 is 5.97. The van der Waals surface area contributed by atoms with Crippen LogP contribution in [0.15, 0.2) is 83.8 Å². The first-order chi connectivity index (χ1) is 13.8. The average molecular weight is 429 g/mol. The molecule has 1 atom stereocenters. The molecule has 0 radical (unpaired) electrons. The number of carbonyl (C=O) groups is 1. The zero-order chi connectivity index (χ0) is 20.9. The Hall–Kier alpha value is -2.67. The fourth-order valence-electron chi connectivity index (χ4n) is 2.81. The van der Waals surface area contributed by atoms with Gasteiger partial charge in [0, 0.05) is 10.7 Å². The van der Waals surface area contributed by atoms with E-state index in [1.54, 1.807) is 36.4 Å². The molecule has 0 spiro atoms. The maximum Gasteiger partial charge on any atom is 0.242 e. The molecule has 0 bridgehead atoms. The minimum atomic E-state index is -3.88. The zero-order valence-corrected chi connectivity index (χ0v) is 17.4. The van der Waals surface area contributed by atoms with Crippen LogP contribution in [0.2, 0.25) is 5.02 Å². The number of amides is 1. The van der Waals surface area contributed by atoms with Crippen molar-refractivity contribution in [3.05, 3.63) is 95.0 Å². The Bertz CT molecular complexity index is 1080. The largest absolute Gasteiger partial charge is 0.325 e. The summed E-state index contributed by atoms with van der Waals surface area (Å²) in [5, 5.41) is 3.21. The average Bonchev–Trinajstić information content (AvgIpc) is 2.68. The molecule has 3 aromatic rings. The highest BCUT2D eigenvalue weighted by Gasteiger charge is 2.26. The summed E-state index contributed by atoms with van der Waals surface area (Å²) in [6, 6.07) is 21.4. The highest BCUT2D eigenvalue weighted by Crippen LogP contribution is 2.17. The molecule has 3 rings (SSSR count). The second kappa shape index (κ2) is 9.22. The number of hydrogen-bond acceptors (Lipinski definition) is 3. The monoisotopic (exact) mass is 428 g/mol. The molecule has 0 aromatic heterocycles. The van der Waals surface area contributed by atoms with Crippen molar-refractivity contribution in [2.45, 2.75) is 24.3 Å². The normalized spacial score (nSPS) is 12.3. The van der Waals surface area contributed by atoms with Crippen molar-refractivity contribution in [1.82, 2.24) is 4.72 Å². The Labute approximate surface area is 175 Å². The number of halogens is 1. The summed E-state index contributed by atoms with van der Waals surface area (Å²) in [4.78, 5) is 13.0. The number of sulfonamides is 1. The van der Waals surface area contributed by atoms with E-state index in [2.05, 4.69) is 10.0 Å². The minimum Gasteiger partial charge on any atom is -0.325 e. The van der Waals surface area contributed by atoms with Gasteiger partial charge in [-0.2, -0.15) is 4.72 Å². The summed E-state index contributed by atoms with van der Waals surface area (Å²) in [7, 11) is -3.88. The van der Waals surface area contributed by atoms with E-state index in [0.717, 1.165) is 11.1 Å². The van der Waals surface area contributed by atoms with Crippen LogP contribution in [0.25, 0.3) is 0 Å². The molecule has 1 unspecified atom stereocenters. The number of rotatable bonds is 7. The number of hydrogen-bond donors (Lipinski definition) is 2. The maximum atomic E-state index is 12.9. The lowest BCUT2D eigenvalue weighted by molar-refractivity contribution is -0.117. The van der Waals surface area contributed by atoms with E-state index >= 15 is 0 Å². The van der Waals surface area contributed by atoms with Gasteiger partial charge in [-0.05, 0) is 49.2 Å². The Kier molecular flexibility index (Phi) is 6.69. The van der Waals surface area contributed by atoms with Crippen LogP contribution in [0.3, 0.4) is 0 Å².